The fourth-order valence-corrected chi connectivity index (χ4v) is 8.84. The molecule has 10 aromatic carbocycles. The lowest BCUT2D eigenvalue weighted by Crippen LogP contribution is -2.11. The third-order valence-corrected chi connectivity index (χ3v) is 11.5. The molecule has 58 heavy (non-hydrogen) atoms. The fourth-order valence-electron chi connectivity index (χ4n) is 8.84. The van der Waals surface area contributed by atoms with Crippen molar-refractivity contribution in [3.8, 4) is 44.5 Å². The fraction of sp³-hybridized carbons (Fsp3) is 0. The van der Waals surface area contributed by atoms with E-state index >= 15 is 0 Å². The maximum atomic E-state index is 6.75. The molecule has 0 aliphatic heterocycles. The van der Waals surface area contributed by atoms with Crippen molar-refractivity contribution in [3.63, 3.8) is 0 Å². The average Bonchev–Trinajstić information content (AvgIpc) is 3.69. The number of para-hydroxylation sites is 3. The number of hydrogen-bond donors (Lipinski definition) is 0. The normalized spacial score (nSPS) is 11.4. The molecule has 2 nitrogen and oxygen atoms in total. The Hall–Kier alpha value is -7.68. The zero-order chi connectivity index (χ0) is 38.4. The summed E-state index contributed by atoms with van der Waals surface area (Å²) in [5.74, 6) is 0. The summed E-state index contributed by atoms with van der Waals surface area (Å²) in [4.78, 5) is 2.38. The number of anilines is 3. The van der Waals surface area contributed by atoms with Crippen LogP contribution >= 0.6 is 0 Å². The smallest absolute Gasteiger partial charge is 0.159 e. The van der Waals surface area contributed by atoms with Crippen LogP contribution < -0.4 is 4.90 Å². The minimum Gasteiger partial charge on any atom is -0.454 e. The maximum absolute atomic E-state index is 6.75. The van der Waals surface area contributed by atoms with E-state index in [1.807, 2.05) is 6.07 Å². The molecule has 11 aromatic rings. The van der Waals surface area contributed by atoms with Crippen molar-refractivity contribution in [2.24, 2.45) is 0 Å². The molecule has 0 atom stereocenters. The standard InChI is InChI=1S/C56H37NO/c1-2-17-38(18-3-1)42-20-6-7-22-44(42)46-24-9-10-25-47(46)49-27-12-14-30-53(49)57(54-31-16-29-51-50-28-13-15-32-55(50)58-56(51)54)41-35-33-39(34-36-41)52-37-40-19-4-5-21-43(40)45-23-8-11-26-48(45)52/h1-37H. The predicted octanol–water partition coefficient (Wildman–Crippen LogP) is 16.0. The van der Waals surface area contributed by atoms with Crippen LogP contribution in [0.4, 0.5) is 17.1 Å². The number of benzene rings is 10. The summed E-state index contributed by atoms with van der Waals surface area (Å²) >= 11 is 0. The quantitative estimate of drug-likeness (QED) is 0.151. The summed E-state index contributed by atoms with van der Waals surface area (Å²) in [6.07, 6.45) is 0. The molecule has 0 radical (unpaired) electrons. The van der Waals surface area contributed by atoms with Gasteiger partial charge in [0, 0.05) is 22.0 Å². The number of hydrogen-bond acceptors (Lipinski definition) is 2. The molecule has 0 aliphatic carbocycles. The first-order chi connectivity index (χ1) is 28.8. The van der Waals surface area contributed by atoms with Gasteiger partial charge in [-0.15, -0.1) is 0 Å². The second kappa shape index (κ2) is 14.1. The molecular formula is C56H37NO. The van der Waals surface area contributed by atoms with E-state index in [2.05, 4.69) is 223 Å². The minimum atomic E-state index is 0.853. The van der Waals surface area contributed by atoms with Crippen LogP contribution in [0.3, 0.4) is 0 Å². The van der Waals surface area contributed by atoms with E-state index in [4.69, 9.17) is 4.42 Å². The van der Waals surface area contributed by atoms with Gasteiger partial charge in [0.2, 0.25) is 0 Å². The largest absolute Gasteiger partial charge is 0.454 e. The Balaban J connectivity index is 1.13. The van der Waals surface area contributed by atoms with Crippen LogP contribution in [0.1, 0.15) is 0 Å². The van der Waals surface area contributed by atoms with E-state index in [1.165, 1.54) is 54.9 Å². The molecule has 1 heterocycles. The van der Waals surface area contributed by atoms with E-state index in [-0.39, 0.29) is 0 Å². The topological polar surface area (TPSA) is 16.4 Å². The van der Waals surface area contributed by atoms with Crippen molar-refractivity contribution in [1.82, 2.24) is 0 Å². The molecule has 0 fully saturated rings. The molecule has 11 rings (SSSR count). The monoisotopic (exact) mass is 739 g/mol. The van der Waals surface area contributed by atoms with E-state index in [0.717, 1.165) is 50.1 Å². The Morgan fingerprint density at radius 1 is 0.293 bits per heavy atom. The molecule has 0 N–H and O–H groups in total. The Bertz CT molecular complexity index is 3290. The number of furan rings is 1. The number of nitrogens with zero attached hydrogens (tertiary/aromatic N) is 1. The highest BCUT2D eigenvalue weighted by Gasteiger charge is 2.23. The van der Waals surface area contributed by atoms with Crippen LogP contribution in [0.15, 0.2) is 229 Å². The lowest BCUT2D eigenvalue weighted by molar-refractivity contribution is 0.669. The van der Waals surface area contributed by atoms with Gasteiger partial charge in [-0.05, 0) is 96.9 Å². The first-order valence-corrected chi connectivity index (χ1v) is 19.8. The van der Waals surface area contributed by atoms with Crippen LogP contribution in [0.2, 0.25) is 0 Å². The SMILES string of the molecule is c1ccc(-c2ccccc2-c2ccccc2-c2ccccc2N(c2ccc(-c3cc4ccccc4c4ccccc34)cc2)c2cccc3c2oc2ccccc23)cc1. The molecule has 0 unspecified atom stereocenters. The summed E-state index contributed by atoms with van der Waals surface area (Å²) in [5.41, 5.74) is 14.2. The molecular weight excluding hydrogens is 703 g/mol. The molecule has 0 saturated carbocycles. The highest BCUT2D eigenvalue weighted by Crippen LogP contribution is 2.48. The molecule has 0 aliphatic rings. The van der Waals surface area contributed by atoms with Crippen molar-refractivity contribution in [2.45, 2.75) is 0 Å². The molecule has 1 aromatic heterocycles. The highest BCUT2D eigenvalue weighted by atomic mass is 16.3. The molecule has 0 spiro atoms. The van der Waals surface area contributed by atoms with Crippen LogP contribution in [-0.2, 0) is 0 Å². The lowest BCUT2D eigenvalue weighted by Gasteiger charge is -2.28. The third-order valence-electron chi connectivity index (χ3n) is 11.5. The Labute approximate surface area is 337 Å². The van der Waals surface area contributed by atoms with E-state index < -0.39 is 0 Å². The predicted molar refractivity (Wildman–Crippen MR) is 245 cm³/mol. The van der Waals surface area contributed by atoms with Crippen LogP contribution in [-0.4, -0.2) is 0 Å². The van der Waals surface area contributed by atoms with Gasteiger partial charge >= 0.3 is 0 Å². The molecule has 0 amide bonds. The van der Waals surface area contributed by atoms with Gasteiger partial charge in [0.1, 0.15) is 5.58 Å². The van der Waals surface area contributed by atoms with E-state index in [0.29, 0.717) is 0 Å². The number of fused-ring (bicyclic) bond motifs is 6. The maximum Gasteiger partial charge on any atom is 0.159 e. The van der Waals surface area contributed by atoms with Crippen molar-refractivity contribution in [3.05, 3.63) is 224 Å². The summed E-state index contributed by atoms with van der Waals surface area (Å²) in [6.45, 7) is 0. The van der Waals surface area contributed by atoms with Crippen molar-refractivity contribution in [2.75, 3.05) is 4.90 Å². The molecule has 272 valence electrons. The van der Waals surface area contributed by atoms with Gasteiger partial charge in [0.25, 0.3) is 0 Å². The van der Waals surface area contributed by atoms with Crippen molar-refractivity contribution < 1.29 is 4.42 Å². The van der Waals surface area contributed by atoms with Gasteiger partial charge in [-0.25, -0.2) is 0 Å². The molecule has 0 saturated heterocycles. The van der Waals surface area contributed by atoms with Crippen LogP contribution in [0.5, 0.6) is 0 Å². The average molecular weight is 740 g/mol. The Morgan fingerprint density at radius 2 is 0.810 bits per heavy atom. The lowest BCUT2D eigenvalue weighted by atomic mass is 9.88. The highest BCUT2D eigenvalue weighted by molar-refractivity contribution is 6.14. The summed E-state index contributed by atoms with van der Waals surface area (Å²) in [6, 6.07) is 80.6. The Morgan fingerprint density at radius 3 is 1.59 bits per heavy atom. The van der Waals surface area contributed by atoms with Gasteiger partial charge in [-0.2, -0.15) is 0 Å². The van der Waals surface area contributed by atoms with Gasteiger partial charge in [0.15, 0.2) is 5.58 Å². The van der Waals surface area contributed by atoms with Crippen molar-refractivity contribution in [1.29, 1.82) is 0 Å². The van der Waals surface area contributed by atoms with E-state index in [1.54, 1.807) is 0 Å². The van der Waals surface area contributed by atoms with Gasteiger partial charge in [-0.3, -0.25) is 0 Å². The van der Waals surface area contributed by atoms with Gasteiger partial charge in [0.05, 0.1) is 11.4 Å². The Kier molecular flexibility index (Phi) is 8.19. The van der Waals surface area contributed by atoms with E-state index in [9.17, 15) is 0 Å². The van der Waals surface area contributed by atoms with Gasteiger partial charge in [-0.1, -0.05) is 188 Å². The van der Waals surface area contributed by atoms with Crippen molar-refractivity contribution >= 4 is 60.5 Å². The summed E-state index contributed by atoms with van der Waals surface area (Å²) in [5, 5.41) is 7.21. The molecule has 2 heteroatoms. The summed E-state index contributed by atoms with van der Waals surface area (Å²) in [7, 11) is 0. The second-order valence-electron chi connectivity index (χ2n) is 14.8. The van der Waals surface area contributed by atoms with Crippen LogP contribution in [0.25, 0.3) is 88.0 Å². The van der Waals surface area contributed by atoms with Crippen LogP contribution in [0, 0.1) is 0 Å². The zero-order valence-electron chi connectivity index (χ0n) is 31.7. The van der Waals surface area contributed by atoms with Gasteiger partial charge < -0.3 is 9.32 Å². The molecule has 0 bridgehead atoms. The zero-order valence-corrected chi connectivity index (χ0v) is 31.7. The second-order valence-corrected chi connectivity index (χ2v) is 14.8. The number of rotatable bonds is 7. The minimum absolute atomic E-state index is 0.853. The third kappa shape index (κ3) is 5.66. The summed E-state index contributed by atoms with van der Waals surface area (Å²) < 4.78 is 6.75. The first-order valence-electron chi connectivity index (χ1n) is 19.8. The first kappa shape index (κ1) is 33.6.